The van der Waals surface area contributed by atoms with Crippen molar-refractivity contribution in [3.63, 3.8) is 0 Å². The Bertz CT molecular complexity index is 950. The zero-order chi connectivity index (χ0) is 26.0. The topological polar surface area (TPSA) is 94.8 Å². The Morgan fingerprint density at radius 3 is 2.37 bits per heavy atom. The molecule has 4 aliphatic carbocycles. The van der Waals surface area contributed by atoms with Gasteiger partial charge in [0.1, 0.15) is 5.41 Å². The highest BCUT2D eigenvalue weighted by atomic mass is 16.4. The fraction of sp³-hybridized carbons (Fsp3) is 0.800. The average molecular weight is 487 g/mol. The number of aliphatic hydroxyl groups is 1. The van der Waals surface area contributed by atoms with E-state index in [9.17, 15) is 19.8 Å². The zero-order valence-corrected chi connectivity index (χ0v) is 22.6. The Kier molecular flexibility index (Phi) is 6.61. The lowest BCUT2D eigenvalue weighted by Gasteiger charge is -2.65. The summed E-state index contributed by atoms with van der Waals surface area (Å²) in [6, 6.07) is 0. The van der Waals surface area contributed by atoms with Crippen molar-refractivity contribution in [3.8, 4) is 0 Å². The lowest BCUT2D eigenvalue weighted by atomic mass is 9.39. The maximum absolute atomic E-state index is 12.3. The number of aliphatic carboxylic acids is 2. The molecule has 0 saturated heterocycles. The van der Waals surface area contributed by atoms with Crippen molar-refractivity contribution in [1.82, 2.24) is 0 Å². The predicted molar refractivity (Wildman–Crippen MR) is 137 cm³/mol. The zero-order valence-electron chi connectivity index (χ0n) is 22.6. The normalized spacial score (nSPS) is 46.1. The first-order valence-corrected chi connectivity index (χ1v) is 13.8. The maximum Gasteiger partial charge on any atom is 0.330 e. The van der Waals surface area contributed by atoms with Gasteiger partial charge in [-0.1, -0.05) is 45.4 Å². The molecule has 3 N–H and O–H groups in total. The molecule has 3 saturated carbocycles. The van der Waals surface area contributed by atoms with Gasteiger partial charge in [0.25, 0.3) is 0 Å². The van der Waals surface area contributed by atoms with E-state index in [1.807, 2.05) is 6.08 Å². The van der Waals surface area contributed by atoms with Crippen LogP contribution in [0.15, 0.2) is 23.3 Å². The van der Waals surface area contributed by atoms with Crippen LogP contribution < -0.4 is 0 Å². The number of allylic oxidation sites excluding steroid dienone is 2. The van der Waals surface area contributed by atoms with Crippen LogP contribution in [0.25, 0.3) is 0 Å². The van der Waals surface area contributed by atoms with Crippen molar-refractivity contribution in [2.75, 3.05) is 0 Å². The summed E-state index contributed by atoms with van der Waals surface area (Å²) < 4.78 is 0. The third-order valence-electron chi connectivity index (χ3n) is 12.1. The number of carbonyl (C=O) groups is 2. The Morgan fingerprint density at radius 1 is 1.06 bits per heavy atom. The van der Waals surface area contributed by atoms with Gasteiger partial charge in [0, 0.05) is 5.57 Å². The van der Waals surface area contributed by atoms with Crippen molar-refractivity contribution in [2.24, 2.45) is 45.3 Å². The SMILES string of the molecule is C/C(=C\CCC(C)[C@H]1CC[C@@]2(C)[C@@H]3CC=C4[C@@H](CC[C@H](O)[C@]4(C)C(=O)O)[C@]3(C)CC[C@]12C)C(=O)O. The van der Waals surface area contributed by atoms with Crippen molar-refractivity contribution < 1.29 is 24.9 Å². The molecule has 0 aromatic carbocycles. The monoisotopic (exact) mass is 486 g/mol. The lowest BCUT2D eigenvalue weighted by Crippen LogP contribution is -2.60. The molecule has 0 heterocycles. The molecule has 0 aromatic rings. The molecule has 0 bridgehead atoms. The van der Waals surface area contributed by atoms with E-state index >= 15 is 0 Å². The molecule has 1 unspecified atom stereocenters. The van der Waals surface area contributed by atoms with Gasteiger partial charge in [-0.25, -0.2) is 4.79 Å². The van der Waals surface area contributed by atoms with Crippen molar-refractivity contribution in [2.45, 2.75) is 105 Å². The number of fused-ring (bicyclic) bond motifs is 5. The molecular formula is C30H46O5. The molecular weight excluding hydrogens is 440 g/mol. The van der Waals surface area contributed by atoms with E-state index in [0.717, 1.165) is 44.1 Å². The van der Waals surface area contributed by atoms with E-state index in [0.29, 0.717) is 29.7 Å². The maximum atomic E-state index is 12.3. The van der Waals surface area contributed by atoms with Gasteiger partial charge in [0.15, 0.2) is 0 Å². The van der Waals surface area contributed by atoms with E-state index in [1.54, 1.807) is 13.8 Å². The highest BCUT2D eigenvalue weighted by Crippen LogP contribution is 2.75. The average Bonchev–Trinajstić information content (AvgIpc) is 3.07. The number of carboxylic acids is 2. The van der Waals surface area contributed by atoms with Crippen LogP contribution in [-0.2, 0) is 9.59 Å². The van der Waals surface area contributed by atoms with Gasteiger partial charge >= 0.3 is 11.9 Å². The molecule has 0 spiro atoms. The second-order valence-corrected chi connectivity index (χ2v) is 13.3. The molecule has 5 heteroatoms. The third-order valence-corrected chi connectivity index (χ3v) is 12.1. The van der Waals surface area contributed by atoms with E-state index in [1.165, 1.54) is 12.8 Å². The number of aliphatic hydroxyl groups excluding tert-OH is 1. The third kappa shape index (κ3) is 3.66. The van der Waals surface area contributed by atoms with Crippen LogP contribution in [0.1, 0.15) is 99.3 Å². The van der Waals surface area contributed by atoms with Crippen LogP contribution in [0.5, 0.6) is 0 Å². The fourth-order valence-corrected chi connectivity index (χ4v) is 9.54. The minimum Gasteiger partial charge on any atom is -0.481 e. The van der Waals surface area contributed by atoms with Crippen LogP contribution in [0.3, 0.4) is 0 Å². The molecule has 0 amide bonds. The minimum absolute atomic E-state index is 0.0641. The first-order chi connectivity index (χ1) is 16.2. The summed E-state index contributed by atoms with van der Waals surface area (Å²) in [7, 11) is 0. The van der Waals surface area contributed by atoms with Gasteiger partial charge < -0.3 is 15.3 Å². The van der Waals surface area contributed by atoms with Gasteiger partial charge in [-0.2, -0.15) is 0 Å². The lowest BCUT2D eigenvalue weighted by molar-refractivity contribution is -0.164. The first kappa shape index (κ1) is 26.4. The quantitative estimate of drug-likeness (QED) is 0.296. The number of hydrogen-bond acceptors (Lipinski definition) is 3. The number of rotatable bonds is 6. The van der Waals surface area contributed by atoms with Gasteiger partial charge in [0.2, 0.25) is 0 Å². The van der Waals surface area contributed by atoms with Crippen LogP contribution in [0, 0.1) is 45.3 Å². The van der Waals surface area contributed by atoms with Crippen LogP contribution in [0.2, 0.25) is 0 Å². The molecule has 9 atom stereocenters. The van der Waals surface area contributed by atoms with E-state index in [4.69, 9.17) is 5.11 Å². The second-order valence-electron chi connectivity index (χ2n) is 13.3. The molecule has 5 nitrogen and oxygen atoms in total. The second kappa shape index (κ2) is 8.75. The summed E-state index contributed by atoms with van der Waals surface area (Å²) in [4.78, 5) is 23.5. The van der Waals surface area contributed by atoms with Crippen LogP contribution in [0.4, 0.5) is 0 Å². The Hall–Kier alpha value is -1.62. The molecule has 0 aromatic heterocycles. The smallest absolute Gasteiger partial charge is 0.330 e. The van der Waals surface area contributed by atoms with Crippen molar-refractivity contribution in [3.05, 3.63) is 23.3 Å². The Morgan fingerprint density at radius 2 is 1.74 bits per heavy atom. The standard InChI is InChI=1S/C30H46O5/c1-18(8-7-9-19(2)25(32)33)20-14-15-29(5)23-12-10-22-21(27(23,3)16-17-28(20,29)4)11-13-24(31)30(22,6)26(34)35/h9-10,18,20-21,23-24,31H,7-8,11-17H2,1-6H3,(H,32,33)(H,34,35)/b19-9+/t18?,20-,21-,23-,24+,27+,28-,29+,30-/m1/s1. The van der Waals surface area contributed by atoms with Gasteiger partial charge in [-0.15, -0.1) is 0 Å². The van der Waals surface area contributed by atoms with Gasteiger partial charge in [0.05, 0.1) is 6.10 Å². The van der Waals surface area contributed by atoms with E-state index < -0.39 is 23.5 Å². The Labute approximate surface area is 211 Å². The molecule has 0 radical (unpaired) electrons. The van der Waals surface area contributed by atoms with Gasteiger partial charge in [-0.3, -0.25) is 4.79 Å². The van der Waals surface area contributed by atoms with E-state index in [2.05, 4.69) is 33.8 Å². The highest BCUT2D eigenvalue weighted by molar-refractivity contribution is 5.85. The predicted octanol–water partition coefficient (Wildman–Crippen LogP) is 6.46. The summed E-state index contributed by atoms with van der Waals surface area (Å²) in [5.41, 5.74) is 0.741. The molecule has 3 fully saturated rings. The van der Waals surface area contributed by atoms with Crippen molar-refractivity contribution >= 4 is 11.9 Å². The van der Waals surface area contributed by atoms with Gasteiger partial charge in [-0.05, 0) is 112 Å². The molecule has 196 valence electrons. The summed E-state index contributed by atoms with van der Waals surface area (Å²) in [6.07, 6.45) is 12.1. The number of carboxylic acid groups (broad SMARTS) is 2. The van der Waals surface area contributed by atoms with Crippen molar-refractivity contribution in [1.29, 1.82) is 0 Å². The van der Waals surface area contributed by atoms with E-state index in [-0.39, 0.29) is 22.2 Å². The molecule has 4 aliphatic rings. The van der Waals surface area contributed by atoms with Crippen LogP contribution in [-0.4, -0.2) is 33.4 Å². The summed E-state index contributed by atoms with van der Waals surface area (Å²) in [5.74, 6) is 0.188. The molecule has 4 rings (SSSR count). The molecule has 35 heavy (non-hydrogen) atoms. The Balaban J connectivity index is 1.61. The number of hydrogen-bond donors (Lipinski definition) is 3. The summed E-state index contributed by atoms with van der Waals surface area (Å²) in [5, 5.41) is 30.0. The summed E-state index contributed by atoms with van der Waals surface area (Å²) in [6.45, 7) is 13.2. The fourth-order valence-electron chi connectivity index (χ4n) is 9.54. The summed E-state index contributed by atoms with van der Waals surface area (Å²) >= 11 is 0. The highest BCUT2D eigenvalue weighted by Gasteiger charge is 2.68. The minimum atomic E-state index is -1.17. The first-order valence-electron chi connectivity index (χ1n) is 13.8. The largest absolute Gasteiger partial charge is 0.481 e. The van der Waals surface area contributed by atoms with Crippen LogP contribution >= 0.6 is 0 Å². The molecule has 0 aliphatic heterocycles.